The summed E-state index contributed by atoms with van der Waals surface area (Å²) < 4.78 is 10.6. The zero-order valence-electron chi connectivity index (χ0n) is 14.6. The van der Waals surface area contributed by atoms with E-state index in [-0.39, 0.29) is 41.5 Å². The number of rotatable bonds is 3. The number of amides is 1. The molecule has 2 N–H and O–H groups in total. The number of ether oxygens (including phenoxy) is 2. The zero-order valence-corrected chi connectivity index (χ0v) is 17.0. The van der Waals surface area contributed by atoms with Crippen molar-refractivity contribution in [2.24, 2.45) is 10.4 Å². The average molecular weight is 440 g/mol. The molecular weight excluding hydrogens is 411 g/mol. The molecule has 0 aromatic rings. The van der Waals surface area contributed by atoms with E-state index < -0.39 is 5.60 Å². The molecule has 2 fully saturated rings. The number of aliphatic imine (C=N–C) groups is 1. The van der Waals surface area contributed by atoms with Crippen LogP contribution in [0.5, 0.6) is 0 Å². The molecule has 23 heavy (non-hydrogen) atoms. The van der Waals surface area contributed by atoms with E-state index in [2.05, 4.69) is 22.5 Å². The lowest BCUT2D eigenvalue weighted by Gasteiger charge is -2.41. The first-order valence-corrected chi connectivity index (χ1v) is 7.74. The van der Waals surface area contributed by atoms with Crippen molar-refractivity contribution in [3.63, 3.8) is 0 Å². The highest BCUT2D eigenvalue weighted by atomic mass is 127. The summed E-state index contributed by atoms with van der Waals surface area (Å²) in [6, 6.07) is 0.212. The zero-order chi connectivity index (χ0) is 16.4. The van der Waals surface area contributed by atoms with Crippen molar-refractivity contribution in [2.45, 2.75) is 39.3 Å². The van der Waals surface area contributed by atoms with Gasteiger partial charge in [0.1, 0.15) is 5.60 Å². The summed E-state index contributed by atoms with van der Waals surface area (Å²) in [5.74, 6) is 0.766. The maximum atomic E-state index is 11.9. The fourth-order valence-corrected chi connectivity index (χ4v) is 2.28. The van der Waals surface area contributed by atoms with Gasteiger partial charge in [-0.25, -0.2) is 4.79 Å². The maximum Gasteiger partial charge on any atom is 0.410 e. The SMILES string of the molecule is CN=C(NCC1(C)COC1)NC1CN(C(=O)OC(C)(C)C)C1.I. The minimum atomic E-state index is -0.451. The van der Waals surface area contributed by atoms with Crippen LogP contribution in [0.25, 0.3) is 0 Å². The average Bonchev–Trinajstić information content (AvgIpc) is 2.32. The van der Waals surface area contributed by atoms with Crippen LogP contribution in [0.2, 0.25) is 0 Å². The molecule has 2 aliphatic heterocycles. The van der Waals surface area contributed by atoms with E-state index in [0.29, 0.717) is 13.1 Å². The van der Waals surface area contributed by atoms with Crippen LogP contribution in [0.1, 0.15) is 27.7 Å². The Morgan fingerprint density at radius 3 is 2.43 bits per heavy atom. The summed E-state index contributed by atoms with van der Waals surface area (Å²) in [6.45, 7) is 11.5. The van der Waals surface area contributed by atoms with Crippen molar-refractivity contribution in [3.05, 3.63) is 0 Å². The van der Waals surface area contributed by atoms with Gasteiger partial charge in [-0.15, -0.1) is 24.0 Å². The molecular formula is C15H29IN4O3. The molecule has 0 spiro atoms. The van der Waals surface area contributed by atoms with Gasteiger partial charge in [-0.1, -0.05) is 6.92 Å². The molecule has 134 valence electrons. The Kier molecular flexibility index (Phi) is 6.94. The van der Waals surface area contributed by atoms with Gasteiger partial charge in [0.05, 0.1) is 19.3 Å². The number of guanidine groups is 1. The minimum Gasteiger partial charge on any atom is -0.444 e. The predicted octanol–water partition coefficient (Wildman–Crippen LogP) is 1.43. The van der Waals surface area contributed by atoms with Crippen LogP contribution >= 0.6 is 24.0 Å². The molecule has 7 nitrogen and oxygen atoms in total. The van der Waals surface area contributed by atoms with E-state index in [1.807, 2.05) is 20.8 Å². The van der Waals surface area contributed by atoms with Crippen LogP contribution in [-0.4, -0.2) is 68.5 Å². The summed E-state index contributed by atoms with van der Waals surface area (Å²) in [7, 11) is 1.75. The number of carbonyl (C=O) groups excluding carboxylic acids is 1. The predicted molar refractivity (Wildman–Crippen MR) is 100 cm³/mol. The van der Waals surface area contributed by atoms with Gasteiger partial charge in [0, 0.05) is 32.1 Å². The lowest BCUT2D eigenvalue weighted by atomic mass is 9.89. The van der Waals surface area contributed by atoms with Crippen molar-refractivity contribution < 1.29 is 14.3 Å². The van der Waals surface area contributed by atoms with Gasteiger partial charge in [0.25, 0.3) is 0 Å². The highest BCUT2D eigenvalue weighted by Gasteiger charge is 2.35. The summed E-state index contributed by atoms with van der Waals surface area (Å²) in [6.07, 6.45) is -0.257. The molecule has 8 heteroatoms. The molecule has 0 atom stereocenters. The molecule has 0 aromatic carbocycles. The van der Waals surface area contributed by atoms with Crippen LogP contribution in [0.3, 0.4) is 0 Å². The van der Waals surface area contributed by atoms with Gasteiger partial charge >= 0.3 is 6.09 Å². The third kappa shape index (κ3) is 5.98. The topological polar surface area (TPSA) is 75.2 Å². The molecule has 0 aliphatic carbocycles. The van der Waals surface area contributed by atoms with Gasteiger partial charge in [-0.3, -0.25) is 4.99 Å². The van der Waals surface area contributed by atoms with Crippen LogP contribution in [-0.2, 0) is 9.47 Å². The van der Waals surface area contributed by atoms with Crippen molar-refractivity contribution in [1.82, 2.24) is 15.5 Å². The van der Waals surface area contributed by atoms with E-state index in [1.54, 1.807) is 11.9 Å². The standard InChI is InChI=1S/C15H28N4O3.HI/c1-14(2,3)22-13(20)19-6-11(7-19)18-12(16-5)17-8-15(4)9-21-10-15;/h11H,6-10H2,1-5H3,(H2,16,17,18);1H. The molecule has 2 saturated heterocycles. The van der Waals surface area contributed by atoms with Crippen LogP contribution in [0, 0.1) is 5.41 Å². The molecule has 2 rings (SSSR count). The number of halogens is 1. The first-order chi connectivity index (χ1) is 10.2. The van der Waals surface area contributed by atoms with E-state index in [1.165, 1.54) is 0 Å². The summed E-state index contributed by atoms with van der Waals surface area (Å²) >= 11 is 0. The van der Waals surface area contributed by atoms with Crippen molar-refractivity contribution >= 4 is 36.0 Å². The Balaban J connectivity index is 0.00000264. The minimum absolute atomic E-state index is 0. The van der Waals surface area contributed by atoms with Crippen LogP contribution in [0.4, 0.5) is 4.79 Å². The maximum absolute atomic E-state index is 11.9. The highest BCUT2D eigenvalue weighted by Crippen LogP contribution is 2.25. The smallest absolute Gasteiger partial charge is 0.410 e. The van der Waals surface area contributed by atoms with E-state index in [4.69, 9.17) is 9.47 Å². The Morgan fingerprint density at radius 1 is 1.39 bits per heavy atom. The van der Waals surface area contributed by atoms with Crippen LogP contribution in [0.15, 0.2) is 4.99 Å². The van der Waals surface area contributed by atoms with Crippen molar-refractivity contribution in [1.29, 1.82) is 0 Å². The van der Waals surface area contributed by atoms with Gasteiger partial charge in [-0.05, 0) is 20.8 Å². The fraction of sp³-hybridized carbons (Fsp3) is 0.867. The van der Waals surface area contributed by atoms with Gasteiger partial charge in [-0.2, -0.15) is 0 Å². The quantitative estimate of drug-likeness (QED) is 0.395. The summed E-state index contributed by atoms with van der Waals surface area (Å²) in [5, 5.41) is 6.64. The van der Waals surface area contributed by atoms with E-state index in [9.17, 15) is 4.79 Å². The molecule has 0 bridgehead atoms. The number of nitrogens with zero attached hydrogens (tertiary/aromatic N) is 2. The summed E-state index contributed by atoms with van der Waals surface area (Å²) in [5.41, 5.74) is -0.257. The number of carbonyl (C=O) groups is 1. The van der Waals surface area contributed by atoms with Gasteiger partial charge in [0.15, 0.2) is 5.96 Å². The highest BCUT2D eigenvalue weighted by molar-refractivity contribution is 14.0. The van der Waals surface area contributed by atoms with Crippen molar-refractivity contribution in [3.8, 4) is 0 Å². The third-order valence-electron chi connectivity index (χ3n) is 3.68. The normalized spacial score (nSPS) is 20.7. The Hall–Kier alpha value is -0.770. The second-order valence-electron chi connectivity index (χ2n) is 7.46. The lowest BCUT2D eigenvalue weighted by molar-refractivity contribution is -0.0971. The Bertz CT molecular complexity index is 440. The first-order valence-electron chi connectivity index (χ1n) is 7.74. The number of hydrogen-bond acceptors (Lipinski definition) is 4. The largest absolute Gasteiger partial charge is 0.444 e. The second-order valence-corrected chi connectivity index (χ2v) is 7.46. The molecule has 1 amide bonds. The number of likely N-dealkylation sites (tertiary alicyclic amines) is 1. The molecule has 0 unspecified atom stereocenters. The summed E-state index contributed by atoms with van der Waals surface area (Å²) in [4.78, 5) is 17.8. The molecule has 2 aliphatic rings. The first kappa shape index (κ1) is 20.3. The second kappa shape index (κ2) is 7.87. The van der Waals surface area contributed by atoms with E-state index in [0.717, 1.165) is 25.7 Å². The monoisotopic (exact) mass is 440 g/mol. The fourth-order valence-electron chi connectivity index (χ4n) is 2.28. The molecule has 0 radical (unpaired) electrons. The van der Waals surface area contributed by atoms with Crippen molar-refractivity contribution in [2.75, 3.05) is 39.9 Å². The van der Waals surface area contributed by atoms with Gasteiger partial charge in [0.2, 0.25) is 0 Å². The molecule has 0 aromatic heterocycles. The molecule has 2 heterocycles. The Morgan fingerprint density at radius 2 is 2.00 bits per heavy atom. The third-order valence-corrected chi connectivity index (χ3v) is 3.68. The number of hydrogen-bond donors (Lipinski definition) is 2. The molecule has 0 saturated carbocycles. The Labute approximate surface area is 155 Å². The number of nitrogens with one attached hydrogen (secondary N) is 2. The lowest BCUT2D eigenvalue weighted by Crippen LogP contribution is -2.63. The van der Waals surface area contributed by atoms with Crippen LogP contribution < -0.4 is 10.6 Å². The van der Waals surface area contributed by atoms with Gasteiger partial charge < -0.3 is 25.0 Å². The van der Waals surface area contributed by atoms with E-state index >= 15 is 0 Å².